The number of rotatable bonds is 6. The monoisotopic (exact) mass is 335 g/mol. The van der Waals surface area contributed by atoms with Gasteiger partial charge < -0.3 is 10.1 Å². The molecule has 1 amide bonds. The third-order valence-corrected chi connectivity index (χ3v) is 3.85. The zero-order valence-corrected chi connectivity index (χ0v) is 13.9. The Morgan fingerprint density at radius 3 is 2.74 bits per heavy atom. The molecular formula is C18H19ClFNO2. The molecule has 3 nitrogen and oxygen atoms in total. The first-order valence-corrected chi connectivity index (χ1v) is 7.82. The molecule has 0 radical (unpaired) electrons. The van der Waals surface area contributed by atoms with Crippen LogP contribution in [0, 0.1) is 12.7 Å². The van der Waals surface area contributed by atoms with Crippen LogP contribution in [0.2, 0.25) is 5.02 Å². The van der Waals surface area contributed by atoms with Crippen LogP contribution in [0.15, 0.2) is 42.5 Å². The van der Waals surface area contributed by atoms with Gasteiger partial charge in [-0.2, -0.15) is 0 Å². The molecule has 0 bridgehead atoms. The fourth-order valence-electron chi connectivity index (χ4n) is 2.13. The minimum Gasteiger partial charge on any atom is -0.481 e. The van der Waals surface area contributed by atoms with Gasteiger partial charge in [0.25, 0.3) is 5.91 Å². The van der Waals surface area contributed by atoms with Crippen LogP contribution in [0.4, 0.5) is 4.39 Å². The van der Waals surface area contributed by atoms with Crippen LogP contribution in [0.3, 0.4) is 0 Å². The quantitative estimate of drug-likeness (QED) is 0.856. The fourth-order valence-corrected chi connectivity index (χ4v) is 2.24. The van der Waals surface area contributed by atoms with Crippen molar-refractivity contribution in [2.75, 3.05) is 0 Å². The van der Waals surface area contributed by atoms with Crippen LogP contribution < -0.4 is 10.1 Å². The first-order valence-electron chi connectivity index (χ1n) is 7.44. The van der Waals surface area contributed by atoms with Gasteiger partial charge in [0.1, 0.15) is 11.6 Å². The molecule has 0 aliphatic rings. The lowest BCUT2D eigenvalue weighted by molar-refractivity contribution is -0.128. The first kappa shape index (κ1) is 17.3. The summed E-state index contributed by atoms with van der Waals surface area (Å²) >= 11 is 5.98. The third-order valence-electron chi connectivity index (χ3n) is 3.43. The number of amides is 1. The zero-order valence-electron chi connectivity index (χ0n) is 13.1. The van der Waals surface area contributed by atoms with Crippen molar-refractivity contribution >= 4 is 17.5 Å². The predicted molar refractivity (Wildman–Crippen MR) is 89.1 cm³/mol. The summed E-state index contributed by atoms with van der Waals surface area (Å²) in [5.74, 6) is 0.0423. The number of carbonyl (C=O) groups excluding carboxylic acids is 1. The van der Waals surface area contributed by atoms with Crippen molar-refractivity contribution in [2.24, 2.45) is 0 Å². The summed E-state index contributed by atoms with van der Waals surface area (Å²) in [4.78, 5) is 12.2. The summed E-state index contributed by atoms with van der Waals surface area (Å²) < 4.78 is 18.9. The van der Waals surface area contributed by atoms with E-state index in [2.05, 4.69) is 5.32 Å². The van der Waals surface area contributed by atoms with Crippen molar-refractivity contribution in [3.05, 3.63) is 64.4 Å². The molecule has 0 spiro atoms. The molecule has 1 N–H and O–H groups in total. The smallest absolute Gasteiger partial charge is 0.261 e. The highest BCUT2D eigenvalue weighted by atomic mass is 35.5. The van der Waals surface area contributed by atoms with Gasteiger partial charge in [0.05, 0.1) is 0 Å². The Bertz CT molecular complexity index is 690. The van der Waals surface area contributed by atoms with E-state index >= 15 is 0 Å². The molecular weight excluding hydrogens is 317 g/mol. The number of carbonyl (C=O) groups is 1. The summed E-state index contributed by atoms with van der Waals surface area (Å²) in [6.07, 6.45) is -0.0828. The summed E-state index contributed by atoms with van der Waals surface area (Å²) in [5, 5.41) is 3.42. The van der Waals surface area contributed by atoms with Crippen molar-refractivity contribution < 1.29 is 13.9 Å². The first-order chi connectivity index (χ1) is 11.0. The Labute approximate surface area is 140 Å². The second kappa shape index (κ2) is 7.97. The second-order valence-corrected chi connectivity index (χ2v) is 5.68. The lowest BCUT2D eigenvalue weighted by Crippen LogP contribution is -2.37. The molecule has 0 heterocycles. The normalized spacial score (nSPS) is 11.8. The highest BCUT2D eigenvalue weighted by molar-refractivity contribution is 6.31. The van der Waals surface area contributed by atoms with E-state index in [4.69, 9.17) is 16.3 Å². The van der Waals surface area contributed by atoms with E-state index in [1.807, 2.05) is 13.8 Å². The summed E-state index contributed by atoms with van der Waals surface area (Å²) in [6.45, 7) is 4.01. The van der Waals surface area contributed by atoms with E-state index in [0.717, 1.165) is 5.56 Å². The molecule has 0 aliphatic heterocycles. The van der Waals surface area contributed by atoms with Gasteiger partial charge >= 0.3 is 0 Å². The van der Waals surface area contributed by atoms with Crippen molar-refractivity contribution in [3.8, 4) is 5.75 Å². The number of benzene rings is 2. The minimum absolute atomic E-state index is 0.232. The maximum Gasteiger partial charge on any atom is 0.261 e. The standard InChI is InChI=1S/C18H19ClFNO2/c1-3-17(23-15-7-8-16(19)12(2)9-15)18(22)21-11-13-5-4-6-14(20)10-13/h4-10,17H,3,11H2,1-2H3,(H,21,22). The predicted octanol–water partition coefficient (Wildman–Crippen LogP) is 4.26. The Hall–Kier alpha value is -2.07. The van der Waals surface area contributed by atoms with Gasteiger partial charge in [0.2, 0.25) is 0 Å². The van der Waals surface area contributed by atoms with Crippen molar-refractivity contribution in [2.45, 2.75) is 32.9 Å². The van der Waals surface area contributed by atoms with Gasteiger partial charge in [-0.25, -0.2) is 4.39 Å². The van der Waals surface area contributed by atoms with Crippen molar-refractivity contribution in [1.29, 1.82) is 0 Å². The van der Waals surface area contributed by atoms with Gasteiger partial charge in [0, 0.05) is 11.6 Å². The molecule has 122 valence electrons. The number of ether oxygens (including phenoxy) is 1. The third kappa shape index (κ3) is 4.96. The van der Waals surface area contributed by atoms with E-state index in [1.165, 1.54) is 12.1 Å². The van der Waals surface area contributed by atoms with E-state index < -0.39 is 6.10 Å². The Morgan fingerprint density at radius 1 is 1.30 bits per heavy atom. The maximum absolute atomic E-state index is 13.1. The van der Waals surface area contributed by atoms with E-state index in [9.17, 15) is 9.18 Å². The van der Waals surface area contributed by atoms with E-state index in [0.29, 0.717) is 22.8 Å². The summed E-state index contributed by atoms with van der Waals surface area (Å²) in [7, 11) is 0. The van der Waals surface area contributed by atoms with Crippen LogP contribution >= 0.6 is 11.6 Å². The lowest BCUT2D eigenvalue weighted by Gasteiger charge is -2.18. The highest BCUT2D eigenvalue weighted by Gasteiger charge is 2.18. The largest absolute Gasteiger partial charge is 0.481 e. The minimum atomic E-state index is -0.607. The molecule has 0 saturated heterocycles. The summed E-state index contributed by atoms with van der Waals surface area (Å²) in [5.41, 5.74) is 1.59. The number of halogens is 2. The molecule has 5 heteroatoms. The molecule has 23 heavy (non-hydrogen) atoms. The van der Waals surface area contributed by atoms with E-state index in [1.54, 1.807) is 30.3 Å². The van der Waals surface area contributed by atoms with Crippen LogP contribution in [-0.2, 0) is 11.3 Å². The van der Waals surface area contributed by atoms with Gasteiger partial charge in [-0.1, -0.05) is 30.7 Å². The topological polar surface area (TPSA) is 38.3 Å². The molecule has 0 aliphatic carbocycles. The van der Waals surface area contributed by atoms with Crippen LogP contribution in [0.5, 0.6) is 5.75 Å². The van der Waals surface area contributed by atoms with Crippen LogP contribution in [0.25, 0.3) is 0 Å². The van der Waals surface area contributed by atoms with Gasteiger partial charge in [-0.3, -0.25) is 4.79 Å². The Kier molecular flexibility index (Phi) is 5.99. The number of hydrogen-bond acceptors (Lipinski definition) is 2. The molecule has 0 saturated carbocycles. The molecule has 2 rings (SSSR count). The molecule has 0 aromatic heterocycles. The SMILES string of the molecule is CCC(Oc1ccc(Cl)c(C)c1)C(=O)NCc1cccc(F)c1. The Balaban J connectivity index is 1.96. The molecule has 2 aromatic carbocycles. The molecule has 0 fully saturated rings. The van der Waals surface area contributed by atoms with Crippen LogP contribution in [-0.4, -0.2) is 12.0 Å². The highest BCUT2D eigenvalue weighted by Crippen LogP contribution is 2.22. The second-order valence-electron chi connectivity index (χ2n) is 5.27. The molecule has 1 unspecified atom stereocenters. The molecule has 2 aromatic rings. The number of aryl methyl sites for hydroxylation is 1. The van der Waals surface area contributed by atoms with Crippen molar-refractivity contribution in [3.63, 3.8) is 0 Å². The number of hydrogen-bond donors (Lipinski definition) is 1. The average molecular weight is 336 g/mol. The fraction of sp³-hybridized carbons (Fsp3) is 0.278. The van der Waals surface area contributed by atoms with Crippen molar-refractivity contribution in [1.82, 2.24) is 5.32 Å². The zero-order chi connectivity index (χ0) is 16.8. The van der Waals surface area contributed by atoms with Gasteiger partial charge in [0.15, 0.2) is 6.10 Å². The number of nitrogens with one attached hydrogen (secondary N) is 1. The maximum atomic E-state index is 13.1. The lowest BCUT2D eigenvalue weighted by atomic mass is 10.2. The van der Waals surface area contributed by atoms with E-state index in [-0.39, 0.29) is 18.3 Å². The molecule has 1 atom stereocenters. The summed E-state index contributed by atoms with van der Waals surface area (Å²) in [6, 6.07) is 11.4. The van der Waals surface area contributed by atoms with Crippen LogP contribution in [0.1, 0.15) is 24.5 Å². The van der Waals surface area contributed by atoms with Gasteiger partial charge in [-0.15, -0.1) is 0 Å². The Morgan fingerprint density at radius 2 is 2.09 bits per heavy atom. The van der Waals surface area contributed by atoms with Gasteiger partial charge in [-0.05, 0) is 54.8 Å². The average Bonchev–Trinajstić information content (AvgIpc) is 2.53.